The molecule has 3 aromatic rings. The Bertz CT molecular complexity index is 1100. The number of rotatable bonds is 7. The molecule has 11 heteroatoms. The summed E-state index contributed by atoms with van der Waals surface area (Å²) in [6, 6.07) is 7.65. The summed E-state index contributed by atoms with van der Waals surface area (Å²) < 4.78 is 25.2. The number of ether oxygens (including phenoxy) is 2. The molecule has 0 atom stereocenters. The van der Waals surface area contributed by atoms with Gasteiger partial charge < -0.3 is 31.2 Å². The third kappa shape index (κ3) is 4.74. The van der Waals surface area contributed by atoms with Crippen LogP contribution in [-0.2, 0) is 14.3 Å². The molecular weight excluding hydrogens is 417 g/mol. The van der Waals surface area contributed by atoms with Crippen molar-refractivity contribution in [2.24, 2.45) is 16.9 Å². The van der Waals surface area contributed by atoms with Gasteiger partial charge in [0.25, 0.3) is 0 Å². The highest BCUT2D eigenvalue weighted by Crippen LogP contribution is 2.35. The van der Waals surface area contributed by atoms with Gasteiger partial charge in [-0.05, 0) is 30.3 Å². The number of hydrogen-bond acceptors (Lipinski definition) is 8. The van der Waals surface area contributed by atoms with E-state index in [-0.39, 0.29) is 23.7 Å². The minimum absolute atomic E-state index is 0.105. The van der Waals surface area contributed by atoms with Crippen molar-refractivity contribution < 1.29 is 18.7 Å². The van der Waals surface area contributed by atoms with E-state index in [4.69, 9.17) is 20.9 Å². The summed E-state index contributed by atoms with van der Waals surface area (Å²) in [7, 11) is 0. The molecule has 168 valence electrons. The van der Waals surface area contributed by atoms with Crippen molar-refractivity contribution in [2.75, 3.05) is 31.6 Å². The Hall–Kier alpha value is -3.41. The van der Waals surface area contributed by atoms with Crippen LogP contribution in [0.2, 0.25) is 0 Å². The van der Waals surface area contributed by atoms with E-state index < -0.39 is 12.2 Å². The van der Waals surface area contributed by atoms with Gasteiger partial charge in [0.05, 0.1) is 36.8 Å². The van der Waals surface area contributed by atoms with E-state index in [2.05, 4.69) is 25.3 Å². The van der Waals surface area contributed by atoms with E-state index in [1.54, 1.807) is 24.4 Å². The molecule has 2 aromatic heterocycles. The average molecular weight is 441 g/mol. The lowest BCUT2D eigenvalue weighted by molar-refractivity contribution is -0.231. The molecule has 1 amide bonds. The number of anilines is 1. The second kappa shape index (κ2) is 8.99. The molecule has 0 aliphatic carbocycles. The third-order valence-corrected chi connectivity index (χ3v) is 5.05. The van der Waals surface area contributed by atoms with Crippen LogP contribution in [0.15, 0.2) is 36.5 Å². The maximum atomic E-state index is 13.5. The van der Waals surface area contributed by atoms with Crippen molar-refractivity contribution in [3.63, 3.8) is 0 Å². The van der Waals surface area contributed by atoms with Gasteiger partial charge in [0.15, 0.2) is 5.82 Å². The van der Waals surface area contributed by atoms with Crippen molar-refractivity contribution in [3.8, 4) is 22.6 Å². The summed E-state index contributed by atoms with van der Waals surface area (Å²) in [5, 5.41) is 2.76. The summed E-state index contributed by atoms with van der Waals surface area (Å²) in [6.07, 6.45) is 0.831. The van der Waals surface area contributed by atoms with Gasteiger partial charge in [-0.15, -0.1) is 0 Å². The van der Waals surface area contributed by atoms with Crippen molar-refractivity contribution in [1.29, 1.82) is 0 Å². The normalized spacial score (nSPS) is 20.8. The first kappa shape index (κ1) is 21.8. The zero-order valence-corrected chi connectivity index (χ0v) is 17.5. The summed E-state index contributed by atoms with van der Waals surface area (Å²) >= 11 is 0. The van der Waals surface area contributed by atoms with Crippen LogP contribution in [0.1, 0.15) is 19.0 Å². The van der Waals surface area contributed by atoms with E-state index in [0.29, 0.717) is 48.2 Å². The van der Waals surface area contributed by atoms with Crippen LogP contribution < -0.4 is 16.8 Å². The highest BCUT2D eigenvalue weighted by molar-refractivity contribution is 5.79. The van der Waals surface area contributed by atoms with Gasteiger partial charge in [-0.25, -0.2) is 19.3 Å². The van der Waals surface area contributed by atoms with Crippen LogP contribution >= 0.6 is 0 Å². The number of nitrogens with one attached hydrogen (secondary N) is 2. The third-order valence-electron chi connectivity index (χ3n) is 5.05. The van der Waals surface area contributed by atoms with Crippen molar-refractivity contribution in [3.05, 3.63) is 48.2 Å². The molecule has 0 radical (unpaired) electrons. The van der Waals surface area contributed by atoms with E-state index in [1.807, 2.05) is 6.92 Å². The summed E-state index contributed by atoms with van der Waals surface area (Å²) in [4.78, 5) is 27.5. The van der Waals surface area contributed by atoms with Crippen molar-refractivity contribution in [2.45, 2.75) is 13.2 Å². The number of nitrogens with two attached hydrogens (primary N) is 2. The molecule has 32 heavy (non-hydrogen) atoms. The van der Waals surface area contributed by atoms with Crippen LogP contribution in [0.5, 0.6) is 0 Å². The number of carbonyl (C=O) groups is 1. The fourth-order valence-corrected chi connectivity index (χ4v) is 3.17. The van der Waals surface area contributed by atoms with Crippen LogP contribution in [0.25, 0.3) is 22.6 Å². The maximum Gasteiger partial charge on any atom is 0.236 e. The fraction of sp³-hybridized carbons (Fsp3) is 0.333. The molecule has 0 spiro atoms. The quantitative estimate of drug-likeness (QED) is 0.431. The predicted octanol–water partition coefficient (Wildman–Crippen LogP) is 1.58. The molecule has 1 aromatic carbocycles. The number of H-pyrrole nitrogens is 1. The number of carbonyl (C=O) groups excluding carboxylic acids is 1. The predicted molar refractivity (Wildman–Crippen MR) is 114 cm³/mol. The molecular formula is C21H24FN7O3. The summed E-state index contributed by atoms with van der Waals surface area (Å²) in [5.41, 5.74) is 13.0. The molecule has 0 saturated carbocycles. The molecule has 1 saturated heterocycles. The molecule has 1 aliphatic heterocycles. The van der Waals surface area contributed by atoms with Gasteiger partial charge in [0, 0.05) is 23.7 Å². The van der Waals surface area contributed by atoms with Crippen LogP contribution in [0.4, 0.5) is 10.3 Å². The monoisotopic (exact) mass is 441 g/mol. The Balaban J connectivity index is 1.70. The second-order valence-electron chi connectivity index (χ2n) is 7.91. The average Bonchev–Trinajstić information content (AvgIpc) is 3.24. The summed E-state index contributed by atoms with van der Waals surface area (Å²) in [6.45, 7) is 3.16. The molecule has 1 fully saturated rings. The molecule has 4 rings (SSSR count). The molecule has 1 aliphatic rings. The Morgan fingerprint density at radius 2 is 1.97 bits per heavy atom. The number of nitrogens with zero attached hydrogens (tertiary/aromatic N) is 3. The summed E-state index contributed by atoms with van der Waals surface area (Å²) in [5.74, 6) is -0.216. The van der Waals surface area contributed by atoms with Gasteiger partial charge in [-0.1, -0.05) is 6.92 Å². The second-order valence-corrected chi connectivity index (χ2v) is 7.91. The lowest BCUT2D eigenvalue weighted by atomic mass is 9.93. The van der Waals surface area contributed by atoms with Crippen LogP contribution in [0, 0.1) is 11.2 Å². The molecule has 0 bridgehead atoms. The number of benzene rings is 1. The van der Waals surface area contributed by atoms with E-state index >= 15 is 0 Å². The number of imidazole rings is 1. The number of primary amides is 1. The number of halogens is 1. The lowest BCUT2D eigenvalue weighted by Crippen LogP contribution is -2.42. The van der Waals surface area contributed by atoms with Gasteiger partial charge in [-0.3, -0.25) is 4.79 Å². The minimum Gasteiger partial charge on any atom is -0.368 e. The van der Waals surface area contributed by atoms with Crippen LogP contribution in [0.3, 0.4) is 0 Å². The van der Waals surface area contributed by atoms with Gasteiger partial charge in [0.1, 0.15) is 5.82 Å². The zero-order valence-electron chi connectivity index (χ0n) is 17.5. The van der Waals surface area contributed by atoms with Gasteiger partial charge >= 0.3 is 0 Å². The van der Waals surface area contributed by atoms with Gasteiger partial charge in [0.2, 0.25) is 18.1 Å². The zero-order chi connectivity index (χ0) is 22.7. The minimum atomic E-state index is -0.711. The highest BCUT2D eigenvalue weighted by Gasteiger charge is 2.34. The van der Waals surface area contributed by atoms with Crippen molar-refractivity contribution in [1.82, 2.24) is 19.9 Å². The molecule has 10 nitrogen and oxygen atoms in total. The number of aromatic nitrogens is 4. The Labute approximate surface area is 183 Å². The first-order valence-electron chi connectivity index (χ1n) is 10.0. The Kier molecular flexibility index (Phi) is 6.12. The Morgan fingerprint density at radius 1 is 1.25 bits per heavy atom. The van der Waals surface area contributed by atoms with E-state index in [1.165, 1.54) is 12.1 Å². The number of hydrogen-bond donors (Lipinski definition) is 4. The maximum absolute atomic E-state index is 13.5. The van der Waals surface area contributed by atoms with E-state index in [9.17, 15) is 9.18 Å². The molecule has 6 N–H and O–H groups in total. The molecule has 0 unspecified atom stereocenters. The SMILES string of the molecule is CC1(CN)COC(c2nc(-c3ccc(F)cc3)c(-c3ccnc(NCC(N)=O)n3)[nH]2)OC1. The van der Waals surface area contributed by atoms with Crippen molar-refractivity contribution >= 4 is 11.9 Å². The fourth-order valence-electron chi connectivity index (χ4n) is 3.17. The number of aromatic amines is 1. The standard InChI is InChI=1S/C21H24FN7O3/c1-21(9-23)10-31-19(32-11-21)18-28-16(12-2-4-13(22)5-3-12)17(29-18)14-6-7-25-20(27-14)26-8-15(24)30/h2-7,19H,8-11,23H2,1H3,(H2,24,30)(H,28,29)(H,25,26,27). The van der Waals surface area contributed by atoms with Gasteiger partial charge in [-0.2, -0.15) is 0 Å². The number of amides is 1. The largest absolute Gasteiger partial charge is 0.368 e. The Morgan fingerprint density at radius 3 is 2.62 bits per heavy atom. The lowest BCUT2D eigenvalue weighted by Gasteiger charge is -2.35. The topological polar surface area (TPSA) is 154 Å². The smallest absolute Gasteiger partial charge is 0.236 e. The first-order valence-corrected chi connectivity index (χ1v) is 10.0. The first-order chi connectivity index (χ1) is 15.4. The van der Waals surface area contributed by atoms with E-state index in [0.717, 1.165) is 0 Å². The highest BCUT2D eigenvalue weighted by atomic mass is 19.1. The molecule has 3 heterocycles. The van der Waals surface area contributed by atoms with Crippen LogP contribution in [-0.4, -0.2) is 52.1 Å².